The fraction of sp³-hybridized carbons (Fsp3) is 0.176. The lowest BCUT2D eigenvalue weighted by Crippen LogP contribution is -1.88. The van der Waals surface area contributed by atoms with Gasteiger partial charge in [-0.25, -0.2) is 4.98 Å². The van der Waals surface area contributed by atoms with Gasteiger partial charge in [-0.05, 0) is 35.7 Å². The predicted octanol–water partition coefficient (Wildman–Crippen LogP) is 5.96. The van der Waals surface area contributed by atoms with E-state index in [1.807, 2.05) is 24.3 Å². The van der Waals surface area contributed by atoms with Crippen molar-refractivity contribution in [3.8, 4) is 0 Å². The zero-order valence-electron chi connectivity index (χ0n) is 12.6. The lowest BCUT2D eigenvalue weighted by Gasteiger charge is -2.02. The van der Waals surface area contributed by atoms with Crippen molar-refractivity contribution in [3.63, 3.8) is 0 Å². The molecule has 0 spiro atoms. The summed E-state index contributed by atoms with van der Waals surface area (Å²) in [5.74, 6) is 0.457. The number of nitrogens with one attached hydrogen (secondary N) is 1. The molecule has 0 radical (unpaired) electrons. The second-order valence-corrected chi connectivity index (χ2v) is 7.07. The molecular weight excluding hydrogens is 330 g/mol. The fourth-order valence-electron chi connectivity index (χ4n) is 2.42. The van der Waals surface area contributed by atoms with Gasteiger partial charge in [0.05, 0.1) is 9.72 Å². The van der Waals surface area contributed by atoms with E-state index in [0.29, 0.717) is 22.1 Å². The van der Waals surface area contributed by atoms with E-state index >= 15 is 0 Å². The molecule has 0 saturated heterocycles. The molecule has 0 atom stereocenters. The van der Waals surface area contributed by atoms with E-state index in [-0.39, 0.29) is 0 Å². The third-order valence-corrected chi connectivity index (χ3v) is 4.90. The highest BCUT2D eigenvalue weighted by molar-refractivity contribution is 7.22. The summed E-state index contributed by atoms with van der Waals surface area (Å²) in [4.78, 5) is 9.00. The first-order chi connectivity index (χ1) is 11.1. The van der Waals surface area contributed by atoms with Crippen molar-refractivity contribution in [2.24, 2.45) is 0 Å². The van der Waals surface area contributed by atoms with Crippen molar-refractivity contribution < 1.29 is 4.42 Å². The third-order valence-electron chi connectivity index (χ3n) is 3.66. The van der Waals surface area contributed by atoms with Crippen LogP contribution in [0.5, 0.6) is 0 Å². The van der Waals surface area contributed by atoms with Crippen LogP contribution in [-0.4, -0.2) is 9.97 Å². The Morgan fingerprint density at radius 2 is 2.04 bits per heavy atom. The summed E-state index contributed by atoms with van der Waals surface area (Å²) < 4.78 is 6.77. The van der Waals surface area contributed by atoms with Gasteiger partial charge in [0.1, 0.15) is 11.0 Å². The van der Waals surface area contributed by atoms with Crippen LogP contribution in [0, 0.1) is 0 Å². The van der Waals surface area contributed by atoms with Crippen LogP contribution in [0.4, 0.5) is 11.1 Å². The van der Waals surface area contributed by atoms with E-state index in [2.05, 4.69) is 41.3 Å². The second-order valence-electron chi connectivity index (χ2n) is 5.63. The Hall–Kier alpha value is -2.11. The maximum atomic E-state index is 6.16. The highest BCUT2D eigenvalue weighted by Gasteiger charge is 2.11. The molecule has 0 saturated carbocycles. The maximum absolute atomic E-state index is 6.16. The molecule has 2 aromatic heterocycles. The van der Waals surface area contributed by atoms with Gasteiger partial charge >= 0.3 is 6.01 Å². The topological polar surface area (TPSA) is 51.0 Å². The quantitative estimate of drug-likeness (QED) is 0.498. The average molecular weight is 344 g/mol. The monoisotopic (exact) mass is 343 g/mol. The van der Waals surface area contributed by atoms with Gasteiger partial charge in [-0.2, -0.15) is 4.98 Å². The van der Waals surface area contributed by atoms with Crippen molar-refractivity contribution in [1.29, 1.82) is 0 Å². The number of rotatable bonds is 3. The Balaban J connectivity index is 1.69. The van der Waals surface area contributed by atoms with Gasteiger partial charge in [-0.1, -0.05) is 48.9 Å². The van der Waals surface area contributed by atoms with E-state index in [4.69, 9.17) is 16.0 Å². The van der Waals surface area contributed by atoms with Crippen molar-refractivity contribution >= 4 is 55.4 Å². The molecule has 23 heavy (non-hydrogen) atoms. The molecule has 0 unspecified atom stereocenters. The number of anilines is 2. The van der Waals surface area contributed by atoms with Gasteiger partial charge < -0.3 is 4.42 Å². The fourth-order valence-corrected chi connectivity index (χ4v) is 3.57. The number of benzene rings is 2. The number of hydrogen-bond acceptors (Lipinski definition) is 5. The molecule has 0 aliphatic rings. The first kappa shape index (κ1) is 14.5. The van der Waals surface area contributed by atoms with Crippen molar-refractivity contribution in [3.05, 3.63) is 47.0 Å². The van der Waals surface area contributed by atoms with E-state index in [1.54, 1.807) is 0 Å². The highest BCUT2D eigenvalue weighted by atomic mass is 35.5. The molecule has 4 nitrogen and oxygen atoms in total. The van der Waals surface area contributed by atoms with E-state index < -0.39 is 0 Å². The SMILES string of the molecule is CC(C)c1ccc2oc(Nc3nc4c(Cl)cccc4s3)nc2c1. The lowest BCUT2D eigenvalue weighted by atomic mass is 10.0. The molecule has 0 bridgehead atoms. The van der Waals surface area contributed by atoms with Gasteiger partial charge in [0.2, 0.25) is 0 Å². The summed E-state index contributed by atoms with van der Waals surface area (Å²) in [6, 6.07) is 12.3. The minimum atomic E-state index is 0.441. The van der Waals surface area contributed by atoms with E-state index in [0.717, 1.165) is 21.3 Å². The zero-order valence-corrected chi connectivity index (χ0v) is 14.2. The number of fused-ring (bicyclic) bond motifs is 2. The molecule has 4 aromatic rings. The van der Waals surface area contributed by atoms with Crippen molar-refractivity contribution in [2.45, 2.75) is 19.8 Å². The summed E-state index contributed by atoms with van der Waals surface area (Å²) in [6.45, 7) is 4.32. The molecule has 0 amide bonds. The standard InChI is InChI=1S/C17H14ClN3OS/c1-9(2)10-6-7-13-12(8-10)19-16(22-13)21-17-20-15-11(18)4-3-5-14(15)23-17/h3-9H,1-2H3,(H,19,20,21). The second kappa shape index (κ2) is 5.51. The Morgan fingerprint density at radius 3 is 2.83 bits per heavy atom. The van der Waals surface area contributed by atoms with Crippen LogP contribution in [0.3, 0.4) is 0 Å². The van der Waals surface area contributed by atoms with Gasteiger partial charge in [-0.15, -0.1) is 0 Å². The molecule has 2 aromatic carbocycles. The van der Waals surface area contributed by atoms with Crippen molar-refractivity contribution in [2.75, 3.05) is 5.32 Å². The Morgan fingerprint density at radius 1 is 1.17 bits per heavy atom. The maximum Gasteiger partial charge on any atom is 0.302 e. The minimum absolute atomic E-state index is 0.441. The first-order valence-electron chi connectivity index (χ1n) is 7.33. The Labute approximate surface area is 142 Å². The Kier molecular flexibility index (Phi) is 3.47. The van der Waals surface area contributed by atoms with Crippen LogP contribution in [0.2, 0.25) is 5.02 Å². The molecule has 6 heteroatoms. The van der Waals surface area contributed by atoms with Gasteiger partial charge in [0.25, 0.3) is 0 Å². The molecule has 0 aliphatic carbocycles. The van der Waals surface area contributed by atoms with E-state index in [9.17, 15) is 0 Å². The first-order valence-corrected chi connectivity index (χ1v) is 8.52. The van der Waals surface area contributed by atoms with E-state index in [1.165, 1.54) is 16.9 Å². The van der Waals surface area contributed by atoms with Crippen LogP contribution in [0.1, 0.15) is 25.3 Å². The molecule has 0 fully saturated rings. The smallest absolute Gasteiger partial charge is 0.302 e. The van der Waals surface area contributed by atoms with Crippen LogP contribution in [-0.2, 0) is 0 Å². The number of hydrogen-bond donors (Lipinski definition) is 1. The van der Waals surface area contributed by atoms with Crippen LogP contribution in [0.15, 0.2) is 40.8 Å². The highest BCUT2D eigenvalue weighted by Crippen LogP contribution is 2.33. The number of para-hydroxylation sites is 1. The molecular formula is C17H14ClN3OS. The average Bonchev–Trinajstić information content (AvgIpc) is 3.10. The zero-order chi connectivity index (χ0) is 16.0. The Bertz CT molecular complexity index is 1010. The number of nitrogens with zero attached hydrogens (tertiary/aromatic N) is 2. The van der Waals surface area contributed by atoms with Crippen LogP contribution < -0.4 is 5.32 Å². The van der Waals surface area contributed by atoms with Crippen molar-refractivity contribution in [1.82, 2.24) is 9.97 Å². The summed E-state index contributed by atoms with van der Waals surface area (Å²) in [5.41, 5.74) is 3.64. The summed E-state index contributed by atoms with van der Waals surface area (Å²) in [7, 11) is 0. The third kappa shape index (κ3) is 2.66. The van der Waals surface area contributed by atoms with Gasteiger partial charge in [0.15, 0.2) is 10.7 Å². The van der Waals surface area contributed by atoms with Crippen LogP contribution >= 0.6 is 22.9 Å². The number of oxazole rings is 1. The largest absolute Gasteiger partial charge is 0.423 e. The number of thiazole rings is 1. The number of halogens is 1. The predicted molar refractivity (Wildman–Crippen MR) is 96.0 cm³/mol. The normalized spacial score (nSPS) is 11.7. The molecule has 116 valence electrons. The summed E-state index contributed by atoms with van der Waals surface area (Å²) >= 11 is 7.68. The molecule has 0 aliphatic heterocycles. The minimum Gasteiger partial charge on any atom is -0.423 e. The molecule has 2 heterocycles. The molecule has 1 N–H and O–H groups in total. The van der Waals surface area contributed by atoms with Gasteiger partial charge in [-0.3, -0.25) is 5.32 Å². The van der Waals surface area contributed by atoms with Gasteiger partial charge in [0, 0.05) is 0 Å². The lowest BCUT2D eigenvalue weighted by molar-refractivity contribution is 0.623. The summed E-state index contributed by atoms with van der Waals surface area (Å²) in [6.07, 6.45) is 0. The number of aromatic nitrogens is 2. The van der Waals surface area contributed by atoms with Crippen LogP contribution in [0.25, 0.3) is 21.3 Å². The summed E-state index contributed by atoms with van der Waals surface area (Å²) in [5, 5.41) is 4.49. The molecule has 4 rings (SSSR count).